The van der Waals surface area contributed by atoms with E-state index >= 15 is 0 Å². The zero-order valence-electron chi connectivity index (χ0n) is 7.88. The molecule has 0 saturated carbocycles. The summed E-state index contributed by atoms with van der Waals surface area (Å²) >= 11 is 5.33. The average molecular weight is 197 g/mol. The van der Waals surface area contributed by atoms with Crippen LogP contribution in [-0.4, -0.2) is 5.24 Å². The van der Waals surface area contributed by atoms with E-state index in [0.717, 1.165) is 6.42 Å². The van der Waals surface area contributed by atoms with E-state index in [-0.39, 0.29) is 0 Å². The van der Waals surface area contributed by atoms with Crippen LogP contribution in [0.4, 0.5) is 0 Å². The van der Waals surface area contributed by atoms with Gasteiger partial charge in [-0.1, -0.05) is 26.0 Å². The van der Waals surface area contributed by atoms with Gasteiger partial charge in [0.25, 0.3) is 5.24 Å². The minimum Gasteiger partial charge on any atom is -0.276 e. The smallest absolute Gasteiger partial charge is 0.252 e. The Balaban J connectivity index is 2.87. The van der Waals surface area contributed by atoms with Crippen molar-refractivity contribution in [1.82, 2.24) is 0 Å². The molecule has 0 amide bonds. The normalized spacial score (nSPS) is 12.5. The lowest BCUT2D eigenvalue weighted by Crippen LogP contribution is -1.93. The van der Waals surface area contributed by atoms with Crippen LogP contribution in [0, 0.1) is 0 Å². The molecule has 0 bridgehead atoms. The van der Waals surface area contributed by atoms with Crippen LogP contribution in [-0.2, 0) is 0 Å². The summed E-state index contributed by atoms with van der Waals surface area (Å²) in [7, 11) is 0. The van der Waals surface area contributed by atoms with Gasteiger partial charge in [-0.3, -0.25) is 4.79 Å². The van der Waals surface area contributed by atoms with Gasteiger partial charge >= 0.3 is 0 Å². The SMILES string of the molecule is CC[C@@H](C)c1ccc(C(=O)Cl)cc1. The lowest BCUT2D eigenvalue weighted by Gasteiger charge is -2.08. The van der Waals surface area contributed by atoms with Gasteiger partial charge in [-0.15, -0.1) is 0 Å². The first-order valence-electron chi connectivity index (χ1n) is 4.45. The third-order valence-electron chi connectivity index (χ3n) is 2.32. The first kappa shape index (κ1) is 10.3. The summed E-state index contributed by atoms with van der Waals surface area (Å²) in [6.45, 7) is 4.31. The highest BCUT2D eigenvalue weighted by Gasteiger charge is 2.04. The standard InChI is InChI=1S/C11H13ClO/c1-3-8(2)9-4-6-10(7-5-9)11(12)13/h4-8H,3H2,1-2H3/t8-/m1/s1. The van der Waals surface area contributed by atoms with E-state index in [1.165, 1.54) is 5.56 Å². The lowest BCUT2D eigenvalue weighted by atomic mass is 9.98. The van der Waals surface area contributed by atoms with Gasteiger partial charge in [0.15, 0.2) is 0 Å². The molecule has 1 rings (SSSR count). The highest BCUT2D eigenvalue weighted by atomic mass is 35.5. The summed E-state index contributed by atoms with van der Waals surface area (Å²) in [5, 5.41) is -0.393. The minimum absolute atomic E-state index is 0.393. The molecule has 0 aromatic heterocycles. The summed E-state index contributed by atoms with van der Waals surface area (Å²) in [6.07, 6.45) is 1.11. The Morgan fingerprint density at radius 3 is 2.31 bits per heavy atom. The molecule has 13 heavy (non-hydrogen) atoms. The molecule has 0 N–H and O–H groups in total. The van der Waals surface area contributed by atoms with Crippen LogP contribution in [0.25, 0.3) is 0 Å². The topological polar surface area (TPSA) is 17.1 Å². The molecular weight excluding hydrogens is 184 g/mol. The molecule has 0 aliphatic carbocycles. The van der Waals surface area contributed by atoms with Crippen molar-refractivity contribution in [1.29, 1.82) is 0 Å². The molecule has 0 spiro atoms. The number of rotatable bonds is 3. The van der Waals surface area contributed by atoms with E-state index in [2.05, 4.69) is 13.8 Å². The Bertz CT molecular complexity index is 289. The molecule has 2 heteroatoms. The Morgan fingerprint density at radius 2 is 1.92 bits per heavy atom. The van der Waals surface area contributed by atoms with Crippen LogP contribution >= 0.6 is 11.6 Å². The van der Waals surface area contributed by atoms with Crippen LogP contribution in [0.5, 0.6) is 0 Å². The van der Waals surface area contributed by atoms with Crippen molar-refractivity contribution in [2.75, 3.05) is 0 Å². The third kappa shape index (κ3) is 2.56. The van der Waals surface area contributed by atoms with Gasteiger partial charge in [0.05, 0.1) is 0 Å². The zero-order valence-corrected chi connectivity index (χ0v) is 8.64. The third-order valence-corrected chi connectivity index (χ3v) is 2.54. The van der Waals surface area contributed by atoms with Gasteiger partial charge in [-0.05, 0) is 41.6 Å². The molecule has 1 atom stereocenters. The number of carbonyl (C=O) groups is 1. The van der Waals surface area contributed by atoms with E-state index in [9.17, 15) is 4.79 Å². The van der Waals surface area contributed by atoms with Gasteiger partial charge in [-0.25, -0.2) is 0 Å². The predicted molar refractivity (Wildman–Crippen MR) is 55.3 cm³/mol. The molecule has 0 heterocycles. The highest BCUT2D eigenvalue weighted by Crippen LogP contribution is 2.19. The van der Waals surface area contributed by atoms with Gasteiger partial charge < -0.3 is 0 Å². The van der Waals surface area contributed by atoms with Gasteiger partial charge in [-0.2, -0.15) is 0 Å². The lowest BCUT2D eigenvalue weighted by molar-refractivity contribution is 0.108. The maximum Gasteiger partial charge on any atom is 0.252 e. The molecule has 0 fully saturated rings. The molecule has 1 aromatic carbocycles. The fourth-order valence-electron chi connectivity index (χ4n) is 1.18. The minimum atomic E-state index is -0.393. The monoisotopic (exact) mass is 196 g/mol. The van der Waals surface area contributed by atoms with E-state index in [4.69, 9.17) is 11.6 Å². The number of carbonyl (C=O) groups excluding carboxylic acids is 1. The maximum absolute atomic E-state index is 10.8. The Morgan fingerprint density at radius 1 is 1.38 bits per heavy atom. The van der Waals surface area contributed by atoms with Crippen LogP contribution < -0.4 is 0 Å². The molecule has 0 unspecified atom stereocenters. The quantitative estimate of drug-likeness (QED) is 0.676. The second-order valence-electron chi connectivity index (χ2n) is 3.21. The van der Waals surface area contributed by atoms with Crippen molar-refractivity contribution in [2.24, 2.45) is 0 Å². The summed E-state index contributed by atoms with van der Waals surface area (Å²) in [4.78, 5) is 10.8. The molecule has 0 saturated heterocycles. The number of hydrogen-bond donors (Lipinski definition) is 0. The molecular formula is C11H13ClO. The van der Waals surface area contributed by atoms with Gasteiger partial charge in [0.1, 0.15) is 0 Å². The first-order chi connectivity index (χ1) is 6.15. The van der Waals surface area contributed by atoms with E-state index in [0.29, 0.717) is 11.5 Å². The second-order valence-corrected chi connectivity index (χ2v) is 3.55. The predicted octanol–water partition coefficient (Wildman–Crippen LogP) is 3.58. The molecule has 0 radical (unpaired) electrons. The van der Waals surface area contributed by atoms with Crippen molar-refractivity contribution in [3.63, 3.8) is 0 Å². The first-order valence-corrected chi connectivity index (χ1v) is 4.82. The largest absolute Gasteiger partial charge is 0.276 e. The Kier molecular flexibility index (Phi) is 3.49. The van der Waals surface area contributed by atoms with Crippen LogP contribution in [0.3, 0.4) is 0 Å². The van der Waals surface area contributed by atoms with E-state index in [1.807, 2.05) is 12.1 Å². The Hall–Kier alpha value is -0.820. The summed E-state index contributed by atoms with van der Waals surface area (Å²) in [5.41, 5.74) is 1.82. The summed E-state index contributed by atoms with van der Waals surface area (Å²) in [6, 6.07) is 7.47. The molecule has 0 aliphatic heterocycles. The molecule has 1 aromatic rings. The number of benzene rings is 1. The Labute approximate surface area is 83.7 Å². The molecule has 1 nitrogen and oxygen atoms in total. The number of halogens is 1. The maximum atomic E-state index is 10.8. The van der Waals surface area contributed by atoms with Gasteiger partial charge in [0.2, 0.25) is 0 Å². The van der Waals surface area contributed by atoms with Gasteiger partial charge in [0, 0.05) is 5.56 Å². The zero-order chi connectivity index (χ0) is 9.84. The summed E-state index contributed by atoms with van der Waals surface area (Å²) < 4.78 is 0. The molecule has 0 aliphatic rings. The molecule has 70 valence electrons. The fraction of sp³-hybridized carbons (Fsp3) is 0.364. The van der Waals surface area contributed by atoms with Crippen molar-refractivity contribution in [3.05, 3.63) is 35.4 Å². The van der Waals surface area contributed by atoms with Crippen LogP contribution in [0.1, 0.15) is 42.1 Å². The second kappa shape index (κ2) is 4.43. The van der Waals surface area contributed by atoms with Crippen molar-refractivity contribution >= 4 is 16.8 Å². The highest BCUT2D eigenvalue weighted by molar-refractivity contribution is 6.67. The van der Waals surface area contributed by atoms with Crippen molar-refractivity contribution in [3.8, 4) is 0 Å². The number of hydrogen-bond acceptors (Lipinski definition) is 1. The average Bonchev–Trinajstić information content (AvgIpc) is 2.17. The van der Waals surface area contributed by atoms with E-state index < -0.39 is 5.24 Å². The van der Waals surface area contributed by atoms with Crippen LogP contribution in [0.15, 0.2) is 24.3 Å². The van der Waals surface area contributed by atoms with E-state index in [1.54, 1.807) is 12.1 Å². The summed E-state index contributed by atoms with van der Waals surface area (Å²) in [5.74, 6) is 0.541. The van der Waals surface area contributed by atoms with Crippen molar-refractivity contribution in [2.45, 2.75) is 26.2 Å². The van der Waals surface area contributed by atoms with Crippen molar-refractivity contribution < 1.29 is 4.79 Å². The van der Waals surface area contributed by atoms with Crippen LogP contribution in [0.2, 0.25) is 0 Å². The fourth-order valence-corrected chi connectivity index (χ4v) is 1.30.